The van der Waals surface area contributed by atoms with E-state index in [0.29, 0.717) is 35.9 Å². The number of aliphatic imine (C=N–C) groups is 2. The summed E-state index contributed by atoms with van der Waals surface area (Å²) in [5.41, 5.74) is 1.80. The summed E-state index contributed by atoms with van der Waals surface area (Å²) in [6, 6.07) is 14.7. The van der Waals surface area contributed by atoms with Gasteiger partial charge in [-0.1, -0.05) is 30.8 Å². The van der Waals surface area contributed by atoms with E-state index in [1.54, 1.807) is 36.5 Å². The van der Waals surface area contributed by atoms with Crippen molar-refractivity contribution in [2.24, 2.45) is 9.98 Å². The fourth-order valence-electron chi connectivity index (χ4n) is 2.34. The maximum absolute atomic E-state index is 13.0. The van der Waals surface area contributed by atoms with Crippen molar-refractivity contribution in [2.45, 2.75) is 0 Å². The number of amidine groups is 1. The van der Waals surface area contributed by atoms with Crippen molar-refractivity contribution in [1.82, 2.24) is 14.8 Å². The van der Waals surface area contributed by atoms with E-state index in [2.05, 4.69) is 21.5 Å². The molecule has 0 aliphatic rings. The van der Waals surface area contributed by atoms with Gasteiger partial charge in [0.05, 0.1) is 17.6 Å². The van der Waals surface area contributed by atoms with Crippen LogP contribution in [0.3, 0.4) is 0 Å². The fraction of sp³-hybridized carbons (Fsp3) is 0.238. The van der Waals surface area contributed by atoms with Crippen molar-refractivity contribution in [3.63, 3.8) is 0 Å². The number of carbonyl (C=O) groups excluding carboxylic acids is 1. The molecule has 0 aliphatic heterocycles. The summed E-state index contributed by atoms with van der Waals surface area (Å²) in [6.07, 6.45) is 3.25. The average Bonchev–Trinajstić information content (AvgIpc) is 2.70. The highest BCUT2D eigenvalue weighted by Gasteiger charge is 2.19. The number of benzene rings is 1. The predicted octanol–water partition coefficient (Wildman–Crippen LogP) is 2.86. The summed E-state index contributed by atoms with van der Waals surface area (Å²) in [5, 5.41) is 0. The molecule has 0 aliphatic carbocycles. The van der Waals surface area contributed by atoms with Crippen LogP contribution in [-0.4, -0.2) is 67.0 Å². The summed E-state index contributed by atoms with van der Waals surface area (Å²) in [7, 11) is 5.57. The molecule has 1 aromatic carbocycles. The molecule has 27 heavy (non-hydrogen) atoms. The molecular formula is C21H25N5O. The predicted molar refractivity (Wildman–Crippen MR) is 111 cm³/mol. The molecule has 6 heteroatoms. The topological polar surface area (TPSA) is 61.2 Å². The van der Waals surface area contributed by atoms with Gasteiger partial charge in [0, 0.05) is 31.9 Å². The minimum absolute atomic E-state index is 0.118. The first-order valence-electron chi connectivity index (χ1n) is 8.65. The van der Waals surface area contributed by atoms with Crippen LogP contribution in [0.1, 0.15) is 16.1 Å². The molecule has 140 valence electrons. The normalized spacial score (nSPS) is 11.8. The minimum atomic E-state index is -0.118. The van der Waals surface area contributed by atoms with Crippen molar-refractivity contribution in [3.8, 4) is 0 Å². The number of carbonyl (C=O) groups is 1. The van der Waals surface area contributed by atoms with E-state index in [4.69, 9.17) is 0 Å². The molecule has 0 atom stereocenters. The molecule has 1 aromatic heterocycles. The van der Waals surface area contributed by atoms with Gasteiger partial charge in [-0.25, -0.2) is 0 Å². The van der Waals surface area contributed by atoms with E-state index in [1.165, 1.54) is 0 Å². The van der Waals surface area contributed by atoms with Gasteiger partial charge < -0.3 is 4.90 Å². The number of rotatable bonds is 7. The van der Waals surface area contributed by atoms with Crippen LogP contribution in [-0.2, 0) is 0 Å². The lowest BCUT2D eigenvalue weighted by molar-refractivity contribution is 0.0842. The van der Waals surface area contributed by atoms with Gasteiger partial charge in [-0.15, -0.1) is 0 Å². The maximum Gasteiger partial charge on any atom is 0.259 e. The molecule has 0 N–H and O–H groups in total. The SMILES string of the molecule is C=C(N=CC(=NC)N(CCN(C)C)C(=O)c1ccccc1)c1ccccn1. The lowest BCUT2D eigenvalue weighted by Crippen LogP contribution is -2.42. The van der Waals surface area contributed by atoms with E-state index in [1.807, 2.05) is 55.4 Å². The van der Waals surface area contributed by atoms with Gasteiger partial charge in [0.1, 0.15) is 5.84 Å². The van der Waals surface area contributed by atoms with Gasteiger partial charge >= 0.3 is 0 Å². The zero-order valence-electron chi connectivity index (χ0n) is 16.0. The Labute approximate surface area is 160 Å². The zero-order valence-corrected chi connectivity index (χ0v) is 16.0. The standard InChI is InChI=1S/C21H25N5O/c1-17(19-12-8-9-13-23-19)24-16-20(22-2)26(15-14-25(3)4)21(27)18-10-6-5-7-11-18/h5-13,16H,1,14-15H2,2-4H3. The summed E-state index contributed by atoms with van der Waals surface area (Å²) in [4.78, 5) is 29.5. The monoisotopic (exact) mass is 363 g/mol. The number of aromatic nitrogens is 1. The first kappa shape index (κ1) is 20.2. The van der Waals surface area contributed by atoms with Crippen molar-refractivity contribution in [3.05, 3.63) is 72.6 Å². The molecule has 2 rings (SSSR count). The van der Waals surface area contributed by atoms with Crippen molar-refractivity contribution < 1.29 is 4.79 Å². The lowest BCUT2D eigenvalue weighted by atomic mass is 10.2. The number of pyridine rings is 1. The number of hydrogen-bond donors (Lipinski definition) is 0. The smallest absolute Gasteiger partial charge is 0.259 e. The Hall–Kier alpha value is -3.12. The van der Waals surface area contributed by atoms with Crippen molar-refractivity contribution >= 4 is 23.7 Å². The first-order chi connectivity index (χ1) is 13.0. The second-order valence-electron chi connectivity index (χ2n) is 6.13. The molecule has 0 bridgehead atoms. The van der Waals surface area contributed by atoms with Gasteiger partial charge in [-0.3, -0.25) is 24.7 Å². The molecule has 0 saturated heterocycles. The minimum Gasteiger partial charge on any atom is -0.308 e. The Bertz CT molecular complexity index is 813. The van der Waals surface area contributed by atoms with Crippen molar-refractivity contribution in [1.29, 1.82) is 0 Å². The van der Waals surface area contributed by atoms with Crippen LogP contribution >= 0.6 is 0 Å². The molecule has 0 fully saturated rings. The van der Waals surface area contributed by atoms with Crippen LogP contribution < -0.4 is 0 Å². The van der Waals surface area contributed by atoms with Gasteiger partial charge in [-0.2, -0.15) is 0 Å². The zero-order chi connectivity index (χ0) is 19.6. The Morgan fingerprint density at radius 3 is 2.41 bits per heavy atom. The lowest BCUT2D eigenvalue weighted by Gasteiger charge is -2.24. The van der Waals surface area contributed by atoms with Gasteiger partial charge in [0.2, 0.25) is 0 Å². The van der Waals surface area contributed by atoms with E-state index in [-0.39, 0.29) is 5.91 Å². The van der Waals surface area contributed by atoms with E-state index in [9.17, 15) is 4.79 Å². The third-order valence-corrected chi connectivity index (χ3v) is 3.84. The van der Waals surface area contributed by atoms with Crippen molar-refractivity contribution in [2.75, 3.05) is 34.2 Å². The Morgan fingerprint density at radius 1 is 1.11 bits per heavy atom. The first-order valence-corrected chi connectivity index (χ1v) is 8.65. The van der Waals surface area contributed by atoms with Gasteiger partial charge in [0.25, 0.3) is 5.91 Å². The van der Waals surface area contributed by atoms with Crippen LogP contribution in [0.4, 0.5) is 0 Å². The van der Waals surface area contributed by atoms with Crippen LogP contribution in [0, 0.1) is 0 Å². The molecule has 0 radical (unpaired) electrons. The van der Waals surface area contributed by atoms with Gasteiger partial charge in [0.15, 0.2) is 0 Å². The second-order valence-corrected chi connectivity index (χ2v) is 6.13. The summed E-state index contributed by atoms with van der Waals surface area (Å²) < 4.78 is 0. The van der Waals surface area contributed by atoms with Crippen LogP contribution in [0.25, 0.3) is 5.70 Å². The number of hydrogen-bond acceptors (Lipinski definition) is 5. The third-order valence-electron chi connectivity index (χ3n) is 3.84. The second kappa shape index (κ2) is 10.1. The Morgan fingerprint density at radius 2 is 1.81 bits per heavy atom. The van der Waals surface area contributed by atoms with E-state index in [0.717, 1.165) is 0 Å². The molecule has 1 heterocycles. The molecule has 1 amide bonds. The summed E-state index contributed by atoms with van der Waals surface area (Å²) in [6.45, 7) is 5.14. The largest absolute Gasteiger partial charge is 0.308 e. The van der Waals surface area contributed by atoms with Gasteiger partial charge in [-0.05, 0) is 38.4 Å². The third kappa shape index (κ3) is 5.97. The molecule has 0 spiro atoms. The van der Waals surface area contributed by atoms with Crippen LogP contribution in [0.15, 0.2) is 71.3 Å². The van der Waals surface area contributed by atoms with Crippen LogP contribution in [0.5, 0.6) is 0 Å². The quantitative estimate of drug-likeness (QED) is 0.561. The summed E-state index contributed by atoms with van der Waals surface area (Å²) >= 11 is 0. The molecule has 0 saturated carbocycles. The molecule has 6 nitrogen and oxygen atoms in total. The maximum atomic E-state index is 13.0. The summed E-state index contributed by atoms with van der Waals surface area (Å²) in [5.74, 6) is 0.357. The highest BCUT2D eigenvalue weighted by molar-refractivity contribution is 6.34. The highest BCUT2D eigenvalue weighted by Crippen LogP contribution is 2.10. The highest BCUT2D eigenvalue weighted by atomic mass is 16.2. The van der Waals surface area contributed by atoms with E-state index < -0.39 is 0 Å². The number of likely N-dealkylation sites (N-methyl/N-ethyl adjacent to an activating group) is 1. The van der Waals surface area contributed by atoms with Crippen LogP contribution in [0.2, 0.25) is 0 Å². The average molecular weight is 363 g/mol. The Kier molecular flexibility index (Phi) is 7.58. The molecular weight excluding hydrogens is 338 g/mol. The van der Waals surface area contributed by atoms with E-state index >= 15 is 0 Å². The molecule has 2 aromatic rings. The Balaban J connectivity index is 2.24. The number of nitrogens with zero attached hydrogens (tertiary/aromatic N) is 5. The number of amides is 1. The molecule has 0 unspecified atom stereocenters. The fourth-order valence-corrected chi connectivity index (χ4v) is 2.34.